The van der Waals surface area contributed by atoms with Gasteiger partial charge in [-0.05, 0) is 74.8 Å². The largest absolute Gasteiger partial charge is 0.255 e. The summed E-state index contributed by atoms with van der Waals surface area (Å²) in [7, 11) is 0. The van der Waals surface area contributed by atoms with E-state index in [2.05, 4.69) is 23.4 Å². The third-order valence-corrected chi connectivity index (χ3v) is 5.03. The highest BCUT2D eigenvalue weighted by atomic mass is 19.2. The predicted molar refractivity (Wildman–Crippen MR) is 101 cm³/mol. The first kappa shape index (κ1) is 18.3. The lowest BCUT2D eigenvalue weighted by molar-refractivity contribution is 0.303. The Morgan fingerprint density at radius 1 is 1.08 bits per heavy atom. The van der Waals surface area contributed by atoms with Crippen molar-refractivity contribution in [1.29, 1.82) is 0 Å². The van der Waals surface area contributed by atoms with Gasteiger partial charge in [0.2, 0.25) is 0 Å². The van der Waals surface area contributed by atoms with E-state index in [1.807, 2.05) is 12.1 Å². The van der Waals surface area contributed by atoms with Gasteiger partial charge in [0.1, 0.15) is 0 Å². The van der Waals surface area contributed by atoms with Gasteiger partial charge >= 0.3 is 0 Å². The molecule has 0 spiro atoms. The molecule has 1 saturated carbocycles. The van der Waals surface area contributed by atoms with Crippen molar-refractivity contribution in [2.45, 2.75) is 38.5 Å². The van der Waals surface area contributed by atoms with Crippen LogP contribution in [0.15, 0.2) is 49.2 Å². The van der Waals surface area contributed by atoms with Crippen LogP contribution in [0.5, 0.6) is 0 Å². The second kappa shape index (κ2) is 8.76. The van der Waals surface area contributed by atoms with E-state index in [4.69, 9.17) is 0 Å². The standard InChI is InChI=1S/C23H23F2N/c1-2-3-4-17-5-7-18(8-6-17)9-10-19-11-14-23(26-16-19)20-12-13-21(24)22(25)15-20/h2,11-18H,1,3-8H2. The molecule has 0 amide bonds. The molecule has 0 unspecified atom stereocenters. The minimum atomic E-state index is -0.864. The van der Waals surface area contributed by atoms with Crippen molar-refractivity contribution in [1.82, 2.24) is 4.98 Å². The van der Waals surface area contributed by atoms with E-state index in [1.54, 1.807) is 12.3 Å². The van der Waals surface area contributed by atoms with Gasteiger partial charge in [0.05, 0.1) is 5.69 Å². The molecule has 1 aliphatic carbocycles. The van der Waals surface area contributed by atoms with Gasteiger partial charge < -0.3 is 0 Å². The number of aromatic nitrogens is 1. The molecule has 0 N–H and O–H groups in total. The zero-order valence-electron chi connectivity index (χ0n) is 14.8. The summed E-state index contributed by atoms with van der Waals surface area (Å²) < 4.78 is 26.4. The van der Waals surface area contributed by atoms with E-state index in [-0.39, 0.29) is 0 Å². The van der Waals surface area contributed by atoms with Gasteiger partial charge in [0.25, 0.3) is 0 Å². The summed E-state index contributed by atoms with van der Waals surface area (Å²) in [5, 5.41) is 0. The Hall–Kier alpha value is -2.47. The number of hydrogen-bond acceptors (Lipinski definition) is 1. The summed E-state index contributed by atoms with van der Waals surface area (Å²) in [5.41, 5.74) is 2.02. The highest BCUT2D eigenvalue weighted by Gasteiger charge is 2.19. The van der Waals surface area contributed by atoms with Crippen LogP contribution in [0.2, 0.25) is 0 Å². The van der Waals surface area contributed by atoms with E-state index in [0.717, 1.165) is 42.9 Å². The van der Waals surface area contributed by atoms with Gasteiger partial charge in [-0.15, -0.1) is 6.58 Å². The first-order valence-corrected chi connectivity index (χ1v) is 9.19. The van der Waals surface area contributed by atoms with Crippen LogP contribution in [0.3, 0.4) is 0 Å². The minimum Gasteiger partial charge on any atom is -0.255 e. The van der Waals surface area contributed by atoms with E-state index in [0.29, 0.717) is 17.2 Å². The van der Waals surface area contributed by atoms with E-state index >= 15 is 0 Å². The smallest absolute Gasteiger partial charge is 0.159 e. The minimum absolute atomic E-state index is 0.459. The molecule has 1 nitrogen and oxygen atoms in total. The number of halogens is 2. The quantitative estimate of drug-likeness (QED) is 0.475. The Morgan fingerprint density at radius 2 is 1.88 bits per heavy atom. The Labute approximate surface area is 154 Å². The Morgan fingerprint density at radius 3 is 2.54 bits per heavy atom. The van der Waals surface area contributed by atoms with Crippen molar-refractivity contribution >= 4 is 0 Å². The van der Waals surface area contributed by atoms with Crippen LogP contribution < -0.4 is 0 Å². The maximum atomic E-state index is 13.3. The molecular formula is C23H23F2N. The molecule has 1 heterocycles. The van der Waals surface area contributed by atoms with Gasteiger partial charge in [0, 0.05) is 23.2 Å². The van der Waals surface area contributed by atoms with Crippen LogP contribution in [0.25, 0.3) is 11.3 Å². The zero-order valence-corrected chi connectivity index (χ0v) is 14.8. The van der Waals surface area contributed by atoms with Crippen molar-refractivity contribution in [3.8, 4) is 23.1 Å². The van der Waals surface area contributed by atoms with Gasteiger partial charge in [-0.1, -0.05) is 17.9 Å². The first-order valence-electron chi connectivity index (χ1n) is 9.19. The molecule has 1 aliphatic rings. The summed E-state index contributed by atoms with van der Waals surface area (Å²) in [6.45, 7) is 3.79. The van der Waals surface area contributed by atoms with Gasteiger partial charge in [-0.2, -0.15) is 0 Å². The number of pyridine rings is 1. The fourth-order valence-electron chi connectivity index (χ4n) is 3.43. The summed E-state index contributed by atoms with van der Waals surface area (Å²) in [6, 6.07) is 7.48. The lowest BCUT2D eigenvalue weighted by Gasteiger charge is -2.25. The van der Waals surface area contributed by atoms with Crippen LogP contribution in [0.4, 0.5) is 8.78 Å². The SMILES string of the molecule is C=CCCC1CCC(C#Cc2ccc(-c3ccc(F)c(F)c3)nc2)CC1. The fraction of sp³-hybridized carbons (Fsp3) is 0.348. The van der Waals surface area contributed by atoms with Crippen LogP contribution in [-0.2, 0) is 0 Å². The lowest BCUT2D eigenvalue weighted by atomic mass is 9.80. The normalized spacial score (nSPS) is 19.5. The number of allylic oxidation sites excluding steroid dienone is 1. The van der Waals surface area contributed by atoms with Crippen molar-refractivity contribution in [2.24, 2.45) is 11.8 Å². The number of benzene rings is 1. The molecule has 134 valence electrons. The van der Waals surface area contributed by atoms with Crippen LogP contribution in [-0.4, -0.2) is 4.98 Å². The average Bonchev–Trinajstić information content (AvgIpc) is 2.68. The van der Waals surface area contributed by atoms with Crippen molar-refractivity contribution in [3.63, 3.8) is 0 Å². The van der Waals surface area contributed by atoms with Crippen LogP contribution >= 0.6 is 0 Å². The molecule has 0 bridgehead atoms. The van der Waals surface area contributed by atoms with E-state index in [1.165, 1.54) is 25.3 Å². The maximum Gasteiger partial charge on any atom is 0.159 e. The number of rotatable bonds is 4. The Balaban J connectivity index is 1.59. The average molecular weight is 351 g/mol. The molecule has 0 atom stereocenters. The molecule has 0 aliphatic heterocycles. The Bertz CT molecular complexity index is 806. The third-order valence-electron chi connectivity index (χ3n) is 5.03. The van der Waals surface area contributed by atoms with Gasteiger partial charge in [-0.25, -0.2) is 8.78 Å². The fourth-order valence-corrected chi connectivity index (χ4v) is 3.43. The highest BCUT2D eigenvalue weighted by Crippen LogP contribution is 2.31. The molecule has 0 saturated heterocycles. The monoisotopic (exact) mass is 351 g/mol. The van der Waals surface area contributed by atoms with Crippen molar-refractivity contribution < 1.29 is 8.78 Å². The summed E-state index contributed by atoms with van der Waals surface area (Å²) in [5.74, 6) is 6.15. The Kier molecular flexibility index (Phi) is 6.17. The maximum absolute atomic E-state index is 13.3. The van der Waals surface area contributed by atoms with Gasteiger partial charge in [-0.3, -0.25) is 4.98 Å². The second-order valence-electron chi connectivity index (χ2n) is 6.91. The molecule has 1 aromatic heterocycles. The molecule has 2 aromatic rings. The molecule has 0 radical (unpaired) electrons. The summed E-state index contributed by atoms with van der Waals surface area (Å²) in [4.78, 5) is 4.33. The third kappa shape index (κ3) is 4.79. The van der Waals surface area contributed by atoms with E-state index in [9.17, 15) is 8.78 Å². The van der Waals surface area contributed by atoms with Crippen LogP contribution in [0, 0.1) is 35.3 Å². The molecule has 3 rings (SSSR count). The van der Waals surface area contributed by atoms with Gasteiger partial charge in [0.15, 0.2) is 11.6 Å². The first-order chi connectivity index (χ1) is 12.7. The molecule has 3 heteroatoms. The molecule has 1 aromatic carbocycles. The topological polar surface area (TPSA) is 12.9 Å². The molecule has 1 fully saturated rings. The molecular weight excluding hydrogens is 328 g/mol. The highest BCUT2D eigenvalue weighted by molar-refractivity contribution is 5.59. The zero-order chi connectivity index (χ0) is 18.4. The molecule has 26 heavy (non-hydrogen) atoms. The van der Waals surface area contributed by atoms with Crippen molar-refractivity contribution in [2.75, 3.05) is 0 Å². The van der Waals surface area contributed by atoms with Crippen LogP contribution in [0.1, 0.15) is 44.1 Å². The van der Waals surface area contributed by atoms with Crippen molar-refractivity contribution in [3.05, 3.63) is 66.4 Å². The number of hydrogen-bond donors (Lipinski definition) is 0. The second-order valence-corrected chi connectivity index (χ2v) is 6.91. The summed E-state index contributed by atoms with van der Waals surface area (Å²) >= 11 is 0. The summed E-state index contributed by atoms with van der Waals surface area (Å²) in [6.07, 6.45) is 10.9. The lowest BCUT2D eigenvalue weighted by Crippen LogP contribution is -2.13. The predicted octanol–water partition coefficient (Wildman–Crippen LogP) is 6.15. The number of nitrogens with zero attached hydrogens (tertiary/aromatic N) is 1. The van der Waals surface area contributed by atoms with E-state index < -0.39 is 11.6 Å².